The number of hydrogen-bond donors (Lipinski definition) is 3. The third-order valence-electron chi connectivity index (χ3n) is 4.32. The zero-order valence-electron chi connectivity index (χ0n) is 14.6. The van der Waals surface area contributed by atoms with Crippen molar-refractivity contribution in [1.82, 2.24) is 4.98 Å². The molecule has 28 heavy (non-hydrogen) atoms. The summed E-state index contributed by atoms with van der Waals surface area (Å²) in [6, 6.07) is 20.6. The van der Waals surface area contributed by atoms with Crippen molar-refractivity contribution in [2.45, 2.75) is 0 Å². The van der Waals surface area contributed by atoms with E-state index in [0.29, 0.717) is 26.3 Å². The second kappa shape index (κ2) is 7.02. The number of benzene rings is 2. The van der Waals surface area contributed by atoms with Crippen LogP contribution in [-0.2, 0) is 0 Å². The SMILES string of the molecule is N#Cc1c(N)nc2sc(C(=O)Nc3ccccc3)c(N)c2c1-c1ccccc1. The van der Waals surface area contributed by atoms with Crippen molar-refractivity contribution in [2.24, 2.45) is 0 Å². The number of nitrogens with zero attached hydrogens (tertiary/aromatic N) is 2. The van der Waals surface area contributed by atoms with Gasteiger partial charge in [0.25, 0.3) is 5.91 Å². The van der Waals surface area contributed by atoms with Crippen molar-refractivity contribution in [1.29, 1.82) is 5.26 Å². The number of para-hydroxylation sites is 1. The van der Waals surface area contributed by atoms with Crippen molar-refractivity contribution in [3.8, 4) is 17.2 Å². The van der Waals surface area contributed by atoms with Gasteiger partial charge in [0.2, 0.25) is 0 Å². The van der Waals surface area contributed by atoms with Gasteiger partial charge in [0.15, 0.2) is 0 Å². The van der Waals surface area contributed by atoms with Crippen LogP contribution in [0, 0.1) is 11.3 Å². The van der Waals surface area contributed by atoms with Crippen LogP contribution in [0.15, 0.2) is 60.7 Å². The molecule has 0 saturated heterocycles. The Balaban J connectivity index is 1.92. The summed E-state index contributed by atoms with van der Waals surface area (Å²) >= 11 is 1.16. The van der Waals surface area contributed by atoms with Gasteiger partial charge in [-0.2, -0.15) is 5.26 Å². The van der Waals surface area contributed by atoms with Crippen LogP contribution < -0.4 is 16.8 Å². The van der Waals surface area contributed by atoms with E-state index in [1.54, 1.807) is 12.1 Å². The van der Waals surface area contributed by atoms with Gasteiger partial charge in [-0.25, -0.2) is 4.98 Å². The Morgan fingerprint density at radius 2 is 1.68 bits per heavy atom. The number of carbonyl (C=O) groups excluding carboxylic acids is 1. The predicted octanol–water partition coefficient (Wildman–Crippen LogP) is 4.25. The first kappa shape index (κ1) is 17.5. The maximum Gasteiger partial charge on any atom is 0.267 e. The fourth-order valence-corrected chi connectivity index (χ4v) is 4.06. The quantitative estimate of drug-likeness (QED) is 0.487. The van der Waals surface area contributed by atoms with Gasteiger partial charge in [-0.15, -0.1) is 11.3 Å². The Morgan fingerprint density at radius 1 is 1.04 bits per heavy atom. The number of rotatable bonds is 3. The molecule has 0 bridgehead atoms. The van der Waals surface area contributed by atoms with Gasteiger partial charge in [0.05, 0.1) is 5.69 Å². The number of aromatic nitrogens is 1. The minimum atomic E-state index is -0.331. The number of fused-ring (bicyclic) bond motifs is 1. The van der Waals surface area contributed by atoms with Crippen LogP contribution in [0.1, 0.15) is 15.2 Å². The minimum absolute atomic E-state index is 0.116. The Morgan fingerprint density at radius 3 is 2.32 bits per heavy atom. The van der Waals surface area contributed by atoms with E-state index in [1.165, 1.54) is 0 Å². The summed E-state index contributed by atoms with van der Waals surface area (Å²) in [4.78, 5) is 18.0. The lowest BCUT2D eigenvalue weighted by atomic mass is 9.97. The van der Waals surface area contributed by atoms with Crippen LogP contribution in [0.2, 0.25) is 0 Å². The number of nitrogens with one attached hydrogen (secondary N) is 1. The predicted molar refractivity (Wildman–Crippen MR) is 113 cm³/mol. The van der Waals surface area contributed by atoms with E-state index in [0.717, 1.165) is 16.9 Å². The highest BCUT2D eigenvalue weighted by Crippen LogP contribution is 2.42. The lowest BCUT2D eigenvalue weighted by molar-refractivity contribution is 0.103. The van der Waals surface area contributed by atoms with E-state index in [4.69, 9.17) is 11.5 Å². The highest BCUT2D eigenvalue weighted by Gasteiger charge is 2.24. The lowest BCUT2D eigenvalue weighted by Crippen LogP contribution is -2.11. The van der Waals surface area contributed by atoms with Crippen LogP contribution in [0.3, 0.4) is 0 Å². The first-order chi connectivity index (χ1) is 13.6. The van der Waals surface area contributed by atoms with E-state index >= 15 is 0 Å². The Hall–Kier alpha value is -3.89. The van der Waals surface area contributed by atoms with Gasteiger partial charge in [-0.1, -0.05) is 48.5 Å². The van der Waals surface area contributed by atoms with Crippen LogP contribution in [-0.4, -0.2) is 10.9 Å². The molecule has 2 aromatic heterocycles. The molecule has 2 aromatic carbocycles. The topological polar surface area (TPSA) is 118 Å². The molecule has 0 fully saturated rings. The number of amides is 1. The van der Waals surface area contributed by atoms with E-state index in [1.807, 2.05) is 48.5 Å². The van der Waals surface area contributed by atoms with E-state index in [9.17, 15) is 10.1 Å². The van der Waals surface area contributed by atoms with Crippen molar-refractivity contribution in [3.63, 3.8) is 0 Å². The number of anilines is 3. The minimum Gasteiger partial charge on any atom is -0.397 e. The van der Waals surface area contributed by atoms with Crippen LogP contribution in [0.5, 0.6) is 0 Å². The zero-order valence-corrected chi connectivity index (χ0v) is 15.5. The van der Waals surface area contributed by atoms with Crippen molar-refractivity contribution in [2.75, 3.05) is 16.8 Å². The number of pyridine rings is 1. The van der Waals surface area contributed by atoms with Gasteiger partial charge in [0, 0.05) is 16.6 Å². The van der Waals surface area contributed by atoms with E-state index in [2.05, 4.69) is 16.4 Å². The van der Waals surface area contributed by atoms with Gasteiger partial charge < -0.3 is 16.8 Å². The second-order valence-corrected chi connectivity index (χ2v) is 7.07. The average Bonchev–Trinajstić information content (AvgIpc) is 3.04. The first-order valence-corrected chi connectivity index (χ1v) is 9.25. The zero-order chi connectivity index (χ0) is 19.7. The van der Waals surface area contributed by atoms with Gasteiger partial charge in [0.1, 0.15) is 27.2 Å². The Labute approximate surface area is 165 Å². The van der Waals surface area contributed by atoms with Crippen LogP contribution >= 0.6 is 11.3 Å². The monoisotopic (exact) mass is 385 g/mol. The molecule has 4 aromatic rings. The molecule has 0 radical (unpaired) electrons. The summed E-state index contributed by atoms with van der Waals surface area (Å²) in [6.45, 7) is 0. The molecule has 0 aliphatic heterocycles. The molecule has 136 valence electrons. The third kappa shape index (κ3) is 2.92. The number of nitrogens with two attached hydrogens (primary N) is 2. The highest BCUT2D eigenvalue weighted by molar-refractivity contribution is 7.21. The summed E-state index contributed by atoms with van der Waals surface area (Å²) in [7, 11) is 0. The number of carbonyl (C=O) groups is 1. The molecule has 0 saturated carbocycles. The molecule has 0 atom stereocenters. The van der Waals surface area contributed by atoms with Crippen molar-refractivity contribution in [3.05, 3.63) is 71.1 Å². The molecule has 0 aliphatic rings. The third-order valence-corrected chi connectivity index (χ3v) is 5.42. The molecule has 1 amide bonds. The summed E-state index contributed by atoms with van der Waals surface area (Å²) < 4.78 is 0. The van der Waals surface area contributed by atoms with E-state index in [-0.39, 0.29) is 23.0 Å². The smallest absolute Gasteiger partial charge is 0.267 e. The second-order valence-electron chi connectivity index (χ2n) is 6.07. The van der Waals surface area contributed by atoms with E-state index < -0.39 is 0 Å². The summed E-state index contributed by atoms with van der Waals surface area (Å²) in [5.41, 5.74) is 15.0. The van der Waals surface area contributed by atoms with Crippen molar-refractivity contribution >= 4 is 44.7 Å². The molecule has 0 spiro atoms. The van der Waals surface area contributed by atoms with Crippen LogP contribution in [0.25, 0.3) is 21.3 Å². The van der Waals surface area contributed by atoms with Gasteiger partial charge in [-0.3, -0.25) is 4.79 Å². The van der Waals surface area contributed by atoms with Crippen LogP contribution in [0.4, 0.5) is 17.2 Å². The normalized spacial score (nSPS) is 10.5. The maximum atomic E-state index is 12.8. The number of nitriles is 1. The Bertz CT molecular complexity index is 1230. The fourth-order valence-electron chi connectivity index (χ4n) is 3.05. The molecule has 6 nitrogen and oxygen atoms in total. The molecular formula is C21H15N5OS. The molecule has 7 heteroatoms. The molecule has 2 heterocycles. The number of hydrogen-bond acceptors (Lipinski definition) is 6. The summed E-state index contributed by atoms with van der Waals surface area (Å²) in [6.07, 6.45) is 0. The molecule has 0 unspecified atom stereocenters. The largest absolute Gasteiger partial charge is 0.397 e. The summed E-state index contributed by atoms with van der Waals surface area (Å²) in [5, 5.41) is 13.0. The molecule has 5 N–H and O–H groups in total. The number of nitrogen functional groups attached to an aromatic ring is 2. The standard InChI is InChI=1S/C21H15N5OS/c22-11-14-15(12-7-3-1-4-8-12)16-17(23)18(28-21(16)26-19(14)24)20(27)25-13-9-5-2-6-10-13/h1-10H,23H2,(H2,24,26)(H,25,27). The summed E-state index contributed by atoms with van der Waals surface area (Å²) in [5.74, 6) is -0.215. The molecular weight excluding hydrogens is 370 g/mol. The average molecular weight is 385 g/mol. The lowest BCUT2D eigenvalue weighted by Gasteiger charge is -2.09. The Kier molecular flexibility index (Phi) is 4.39. The van der Waals surface area contributed by atoms with Crippen molar-refractivity contribution < 1.29 is 4.79 Å². The first-order valence-electron chi connectivity index (χ1n) is 8.43. The molecule has 0 aliphatic carbocycles. The molecule has 4 rings (SSSR count). The number of thiophene rings is 1. The maximum absolute atomic E-state index is 12.8. The fraction of sp³-hybridized carbons (Fsp3) is 0. The van der Waals surface area contributed by atoms with Gasteiger partial charge >= 0.3 is 0 Å². The highest BCUT2D eigenvalue weighted by atomic mass is 32.1. The van der Waals surface area contributed by atoms with Gasteiger partial charge in [-0.05, 0) is 17.7 Å².